The summed E-state index contributed by atoms with van der Waals surface area (Å²) in [7, 11) is 0. The molecule has 3 N–H and O–H groups in total. The summed E-state index contributed by atoms with van der Waals surface area (Å²) in [5, 5.41) is 6.24. The van der Waals surface area contributed by atoms with Crippen molar-refractivity contribution in [3.05, 3.63) is 48.5 Å². The van der Waals surface area contributed by atoms with Crippen molar-refractivity contribution < 1.29 is 4.79 Å². The van der Waals surface area contributed by atoms with E-state index in [1.165, 1.54) is 0 Å². The third-order valence-corrected chi connectivity index (χ3v) is 4.73. The summed E-state index contributed by atoms with van der Waals surface area (Å²) >= 11 is 0. The second kappa shape index (κ2) is 6.09. The lowest BCUT2D eigenvalue weighted by molar-refractivity contribution is -0.121. The fourth-order valence-corrected chi connectivity index (χ4v) is 2.97. The minimum atomic E-state index is 0.0149. The fraction of sp³-hybridized carbons (Fsp3) is 0.263. The van der Waals surface area contributed by atoms with Gasteiger partial charge in [0.05, 0.1) is 11.0 Å². The van der Waals surface area contributed by atoms with Crippen molar-refractivity contribution in [1.29, 1.82) is 0 Å². The van der Waals surface area contributed by atoms with E-state index in [1.54, 1.807) is 0 Å². The molecule has 2 heterocycles. The van der Waals surface area contributed by atoms with Gasteiger partial charge >= 0.3 is 0 Å². The quantitative estimate of drug-likeness (QED) is 0.692. The van der Waals surface area contributed by atoms with Gasteiger partial charge in [0.1, 0.15) is 5.82 Å². The van der Waals surface area contributed by atoms with Crippen molar-refractivity contribution >= 4 is 22.6 Å². The molecule has 5 heteroatoms. The predicted octanol–water partition coefficient (Wildman–Crippen LogP) is 3.02. The maximum absolute atomic E-state index is 12.4. The Balaban J connectivity index is 1.55. The summed E-state index contributed by atoms with van der Waals surface area (Å²) in [6.07, 6.45) is 0. The highest BCUT2D eigenvalue weighted by Crippen LogP contribution is 2.24. The zero-order valence-electron chi connectivity index (χ0n) is 13.5. The molecule has 1 unspecified atom stereocenters. The van der Waals surface area contributed by atoms with E-state index in [9.17, 15) is 4.79 Å². The molecule has 122 valence electrons. The van der Waals surface area contributed by atoms with Crippen LogP contribution in [0.15, 0.2) is 48.5 Å². The predicted molar refractivity (Wildman–Crippen MR) is 95.7 cm³/mol. The number of nitrogens with one attached hydrogen (secondary N) is 3. The van der Waals surface area contributed by atoms with Gasteiger partial charge in [-0.1, -0.05) is 31.2 Å². The summed E-state index contributed by atoms with van der Waals surface area (Å²) in [5.41, 5.74) is 3.71. The van der Waals surface area contributed by atoms with E-state index in [0.717, 1.165) is 41.2 Å². The van der Waals surface area contributed by atoms with Crippen molar-refractivity contribution in [1.82, 2.24) is 15.3 Å². The smallest absolute Gasteiger partial charge is 0.227 e. The Labute approximate surface area is 140 Å². The molecule has 2 aromatic carbocycles. The van der Waals surface area contributed by atoms with Gasteiger partial charge in [-0.25, -0.2) is 4.98 Å². The maximum Gasteiger partial charge on any atom is 0.227 e. The molecule has 0 spiro atoms. The summed E-state index contributed by atoms with van der Waals surface area (Å²) in [6.45, 7) is 3.84. The summed E-state index contributed by atoms with van der Waals surface area (Å²) < 4.78 is 0. The van der Waals surface area contributed by atoms with E-state index in [2.05, 4.69) is 20.6 Å². The van der Waals surface area contributed by atoms with E-state index in [1.807, 2.05) is 55.5 Å². The first-order valence-electron chi connectivity index (χ1n) is 8.27. The molecule has 4 rings (SSSR count). The molecule has 0 saturated carbocycles. The number of aromatic amines is 1. The van der Waals surface area contributed by atoms with E-state index < -0.39 is 0 Å². The molecule has 1 amide bonds. The number of hydrogen-bond acceptors (Lipinski definition) is 3. The number of H-pyrrole nitrogens is 1. The zero-order valence-corrected chi connectivity index (χ0v) is 13.5. The highest BCUT2D eigenvalue weighted by atomic mass is 16.1. The van der Waals surface area contributed by atoms with E-state index in [-0.39, 0.29) is 11.8 Å². The lowest BCUT2D eigenvalue weighted by Crippen LogP contribution is -2.48. The average molecular weight is 320 g/mol. The molecule has 1 aromatic heterocycles. The molecule has 1 saturated heterocycles. The van der Waals surface area contributed by atoms with Crippen LogP contribution in [0.1, 0.15) is 6.92 Å². The van der Waals surface area contributed by atoms with Gasteiger partial charge in [0.2, 0.25) is 5.91 Å². The molecule has 1 aliphatic rings. The summed E-state index contributed by atoms with van der Waals surface area (Å²) in [5.74, 6) is 1.33. The van der Waals surface area contributed by atoms with Gasteiger partial charge in [-0.15, -0.1) is 0 Å². The van der Waals surface area contributed by atoms with Gasteiger partial charge in [0, 0.05) is 17.2 Å². The summed E-state index contributed by atoms with van der Waals surface area (Å²) in [4.78, 5) is 20.3. The van der Waals surface area contributed by atoms with Gasteiger partial charge < -0.3 is 15.6 Å². The second-order valence-electron chi connectivity index (χ2n) is 6.38. The van der Waals surface area contributed by atoms with Crippen molar-refractivity contribution in [2.75, 3.05) is 18.4 Å². The maximum atomic E-state index is 12.4. The van der Waals surface area contributed by atoms with Crippen molar-refractivity contribution in [3.63, 3.8) is 0 Å². The number of carbonyl (C=O) groups is 1. The zero-order chi connectivity index (χ0) is 16.5. The standard InChI is InChI=1S/C19H20N4O/c1-12(14-10-20-11-14)19(24)21-15-6-4-5-13(9-15)18-22-16-7-2-3-8-17(16)23-18/h2-9,12,14,20H,10-11H2,1H3,(H,21,24)(H,22,23). The Hall–Kier alpha value is -2.66. The van der Waals surface area contributed by atoms with Crippen LogP contribution in [0.5, 0.6) is 0 Å². The van der Waals surface area contributed by atoms with Crippen LogP contribution in [0, 0.1) is 11.8 Å². The van der Waals surface area contributed by atoms with E-state index in [4.69, 9.17) is 0 Å². The third kappa shape index (κ3) is 2.78. The number of nitrogens with zero attached hydrogens (tertiary/aromatic N) is 1. The van der Waals surface area contributed by atoms with Crippen LogP contribution in [0.2, 0.25) is 0 Å². The van der Waals surface area contributed by atoms with Crippen molar-refractivity contribution in [3.8, 4) is 11.4 Å². The van der Waals surface area contributed by atoms with Crippen LogP contribution >= 0.6 is 0 Å². The molecular weight excluding hydrogens is 300 g/mol. The SMILES string of the molecule is CC(C(=O)Nc1cccc(-c2nc3ccccc3[nH]2)c1)C1CNC1. The van der Waals surface area contributed by atoms with Gasteiger partial charge in [-0.05, 0) is 43.3 Å². The third-order valence-electron chi connectivity index (χ3n) is 4.73. The summed E-state index contributed by atoms with van der Waals surface area (Å²) in [6, 6.07) is 15.7. The molecule has 1 fully saturated rings. The van der Waals surface area contributed by atoms with Crippen molar-refractivity contribution in [2.24, 2.45) is 11.8 Å². The highest BCUT2D eigenvalue weighted by Gasteiger charge is 2.28. The monoisotopic (exact) mass is 320 g/mol. The second-order valence-corrected chi connectivity index (χ2v) is 6.38. The Kier molecular flexibility index (Phi) is 3.78. The Bertz CT molecular complexity index is 849. The number of para-hydroxylation sites is 2. The van der Waals surface area contributed by atoms with E-state index >= 15 is 0 Å². The van der Waals surface area contributed by atoms with Crippen molar-refractivity contribution in [2.45, 2.75) is 6.92 Å². The number of imidazole rings is 1. The molecule has 0 aliphatic carbocycles. The number of fused-ring (bicyclic) bond motifs is 1. The topological polar surface area (TPSA) is 69.8 Å². The van der Waals surface area contributed by atoms with Crippen LogP contribution < -0.4 is 10.6 Å². The molecule has 1 aliphatic heterocycles. The number of rotatable bonds is 4. The van der Waals surface area contributed by atoms with Crippen LogP contribution in [-0.2, 0) is 4.79 Å². The average Bonchev–Trinajstić information content (AvgIpc) is 2.97. The Morgan fingerprint density at radius 2 is 2.04 bits per heavy atom. The van der Waals surface area contributed by atoms with Crippen LogP contribution in [0.4, 0.5) is 5.69 Å². The molecule has 3 aromatic rings. The molecule has 5 nitrogen and oxygen atoms in total. The lowest BCUT2D eigenvalue weighted by atomic mass is 9.88. The molecule has 0 bridgehead atoms. The lowest BCUT2D eigenvalue weighted by Gasteiger charge is -2.31. The first-order chi connectivity index (χ1) is 11.7. The molecule has 24 heavy (non-hydrogen) atoms. The van der Waals surface area contributed by atoms with Crippen LogP contribution in [-0.4, -0.2) is 29.0 Å². The minimum Gasteiger partial charge on any atom is -0.338 e. The van der Waals surface area contributed by atoms with Gasteiger partial charge in [0.15, 0.2) is 0 Å². The fourth-order valence-electron chi connectivity index (χ4n) is 2.97. The number of carbonyl (C=O) groups excluding carboxylic acids is 1. The first kappa shape index (κ1) is 14.9. The first-order valence-corrected chi connectivity index (χ1v) is 8.27. The minimum absolute atomic E-state index is 0.0149. The molecule has 0 radical (unpaired) electrons. The van der Waals surface area contributed by atoms with E-state index in [0.29, 0.717) is 5.92 Å². The normalized spacial score (nSPS) is 15.9. The van der Waals surface area contributed by atoms with Gasteiger partial charge in [0.25, 0.3) is 0 Å². The molecule has 1 atom stereocenters. The Morgan fingerprint density at radius 1 is 1.21 bits per heavy atom. The largest absolute Gasteiger partial charge is 0.338 e. The number of anilines is 1. The number of amides is 1. The molecular formula is C19H20N4O. The highest BCUT2D eigenvalue weighted by molar-refractivity contribution is 5.93. The van der Waals surface area contributed by atoms with Crippen LogP contribution in [0.3, 0.4) is 0 Å². The Morgan fingerprint density at radius 3 is 2.79 bits per heavy atom. The van der Waals surface area contributed by atoms with Crippen LogP contribution in [0.25, 0.3) is 22.4 Å². The number of aromatic nitrogens is 2. The van der Waals surface area contributed by atoms with Gasteiger partial charge in [-0.2, -0.15) is 0 Å². The number of hydrogen-bond donors (Lipinski definition) is 3. The van der Waals surface area contributed by atoms with Gasteiger partial charge in [-0.3, -0.25) is 4.79 Å². The number of benzene rings is 2.